The molecule has 0 amide bonds. The lowest BCUT2D eigenvalue weighted by molar-refractivity contribution is -0.140. The van der Waals surface area contributed by atoms with Crippen molar-refractivity contribution in [1.29, 1.82) is 0 Å². The van der Waals surface area contributed by atoms with E-state index in [0.29, 0.717) is 23.4 Å². The number of benzene rings is 2. The fourth-order valence-corrected chi connectivity index (χ4v) is 2.71. The maximum absolute atomic E-state index is 12.4. The summed E-state index contributed by atoms with van der Waals surface area (Å²) in [6.45, 7) is 0.754. The van der Waals surface area contributed by atoms with Crippen molar-refractivity contribution >= 4 is 28.7 Å². The number of carbonyl (C=O) groups excluding carboxylic acids is 2. The Hall–Kier alpha value is -2.86. The molecule has 28 heavy (non-hydrogen) atoms. The molecule has 1 aliphatic rings. The van der Waals surface area contributed by atoms with Crippen molar-refractivity contribution in [2.45, 2.75) is 6.61 Å². The largest absolute Gasteiger partial charge is 0.497 e. The number of carbonyl (C=O) groups is 2. The van der Waals surface area contributed by atoms with Gasteiger partial charge < -0.3 is 14.4 Å². The minimum Gasteiger partial charge on any atom is -0.497 e. The molecule has 1 aliphatic heterocycles. The molecule has 0 N–H and O–H groups in total. The quantitative estimate of drug-likeness (QED) is 0.478. The van der Waals surface area contributed by atoms with E-state index in [9.17, 15) is 9.59 Å². The average Bonchev–Trinajstić information content (AvgIpc) is 2.73. The predicted molar refractivity (Wildman–Crippen MR) is 113 cm³/mol. The molecule has 146 valence electrons. The zero-order valence-corrected chi connectivity index (χ0v) is 17.3. The third kappa shape index (κ3) is 5.82. The summed E-state index contributed by atoms with van der Waals surface area (Å²) in [7, 11) is 1.58. The summed E-state index contributed by atoms with van der Waals surface area (Å²) in [5.74, 6) is 0.308. The molecule has 0 fully saturated rings. The number of halogens is 1. The number of nitrogens with zero attached hydrogens (tertiary/aromatic N) is 1. The van der Waals surface area contributed by atoms with E-state index in [1.807, 2.05) is 30.3 Å². The summed E-state index contributed by atoms with van der Waals surface area (Å²) in [6, 6.07) is 16.5. The molecule has 6 heteroatoms. The van der Waals surface area contributed by atoms with Crippen molar-refractivity contribution < 1.29 is 19.1 Å². The number of hydrogen-bond donors (Lipinski definition) is 0. The molecule has 0 atom stereocenters. The smallest absolute Gasteiger partial charge is 0.336 e. The highest BCUT2D eigenvalue weighted by Gasteiger charge is 2.18. The van der Waals surface area contributed by atoms with E-state index in [4.69, 9.17) is 9.47 Å². The Morgan fingerprint density at radius 3 is 2.43 bits per heavy atom. The maximum Gasteiger partial charge on any atom is 0.336 e. The summed E-state index contributed by atoms with van der Waals surface area (Å²) >= 11 is 0. The summed E-state index contributed by atoms with van der Waals surface area (Å²) < 4.78 is 10.5. The van der Waals surface area contributed by atoms with Crippen LogP contribution in [0.5, 0.6) is 5.75 Å². The van der Waals surface area contributed by atoms with Gasteiger partial charge in [0.05, 0.1) is 25.8 Å². The van der Waals surface area contributed by atoms with Crippen molar-refractivity contribution in [2.75, 3.05) is 20.2 Å². The lowest BCUT2D eigenvalue weighted by atomic mass is 10.1. The van der Waals surface area contributed by atoms with Crippen LogP contribution in [0.4, 0.5) is 0 Å². The van der Waals surface area contributed by atoms with E-state index in [1.165, 1.54) is 0 Å². The second kappa shape index (κ2) is 10.5. The van der Waals surface area contributed by atoms with Gasteiger partial charge >= 0.3 is 5.97 Å². The van der Waals surface area contributed by atoms with E-state index in [-0.39, 0.29) is 41.9 Å². The Morgan fingerprint density at radius 1 is 1.04 bits per heavy atom. The van der Waals surface area contributed by atoms with Crippen LogP contribution in [0, 0.1) is 0 Å². The van der Waals surface area contributed by atoms with Crippen molar-refractivity contribution in [3.63, 3.8) is 0 Å². The van der Waals surface area contributed by atoms with Gasteiger partial charge in [-0.15, -0.1) is 17.0 Å². The molecule has 0 aromatic heterocycles. The molecule has 2 aromatic carbocycles. The second-order valence-corrected chi connectivity index (χ2v) is 6.15. The molecule has 5 nitrogen and oxygen atoms in total. The number of ketones is 1. The van der Waals surface area contributed by atoms with Crippen LogP contribution in [0.1, 0.15) is 15.9 Å². The highest BCUT2D eigenvalue weighted by Crippen LogP contribution is 2.15. The number of hydrogen-bond acceptors (Lipinski definition) is 5. The van der Waals surface area contributed by atoms with E-state index >= 15 is 0 Å². The van der Waals surface area contributed by atoms with Gasteiger partial charge in [0.1, 0.15) is 12.4 Å². The SMILES string of the molecule is Br.COc1ccc(C(=O)CN2C=CC=C(C(=O)OCc3ccccc3)C2)cc1. The third-order valence-electron chi connectivity index (χ3n) is 4.20. The normalized spacial score (nSPS) is 12.6. The number of allylic oxidation sites excluding steroid dienone is 2. The first kappa shape index (κ1) is 21.4. The Balaban J connectivity index is 0.00000280. The van der Waals surface area contributed by atoms with E-state index in [2.05, 4.69) is 0 Å². The van der Waals surface area contributed by atoms with Gasteiger partial charge in [0.2, 0.25) is 0 Å². The van der Waals surface area contributed by atoms with Crippen LogP contribution < -0.4 is 4.74 Å². The average molecular weight is 444 g/mol. The van der Waals surface area contributed by atoms with Gasteiger partial charge in [-0.1, -0.05) is 30.3 Å². The van der Waals surface area contributed by atoms with Crippen LogP contribution in [0.15, 0.2) is 78.5 Å². The molecule has 0 radical (unpaired) electrons. The number of esters is 1. The Bertz CT molecular complexity index is 860. The molecule has 0 aliphatic carbocycles. The van der Waals surface area contributed by atoms with Gasteiger partial charge in [0.25, 0.3) is 0 Å². The van der Waals surface area contributed by atoms with Gasteiger partial charge in [-0.05, 0) is 48.2 Å². The molecule has 2 aromatic rings. The molecule has 0 spiro atoms. The second-order valence-electron chi connectivity index (χ2n) is 6.15. The molecule has 1 heterocycles. The molecule has 0 bridgehead atoms. The lowest BCUT2D eigenvalue weighted by Crippen LogP contribution is -2.31. The first-order valence-electron chi connectivity index (χ1n) is 8.65. The Morgan fingerprint density at radius 2 is 1.75 bits per heavy atom. The first-order chi connectivity index (χ1) is 13.2. The Kier molecular flexibility index (Phi) is 8.02. The molecule has 0 saturated heterocycles. The molecule has 3 rings (SSSR count). The summed E-state index contributed by atoms with van der Waals surface area (Å²) in [4.78, 5) is 26.5. The maximum atomic E-state index is 12.4. The van der Waals surface area contributed by atoms with Crippen LogP contribution in [0.2, 0.25) is 0 Å². The predicted octanol–water partition coefficient (Wildman–Crippen LogP) is 3.95. The molecular weight excluding hydrogens is 422 g/mol. The fourth-order valence-electron chi connectivity index (χ4n) is 2.71. The summed E-state index contributed by atoms with van der Waals surface area (Å²) in [5, 5.41) is 0. The van der Waals surface area contributed by atoms with Crippen molar-refractivity contribution in [3.05, 3.63) is 89.6 Å². The van der Waals surface area contributed by atoms with Gasteiger partial charge in [-0.25, -0.2) is 4.79 Å². The number of Topliss-reactive ketones (excluding diaryl/α,β-unsaturated/α-hetero) is 1. The highest BCUT2D eigenvalue weighted by atomic mass is 79.9. The topological polar surface area (TPSA) is 55.8 Å². The van der Waals surface area contributed by atoms with Crippen LogP contribution >= 0.6 is 17.0 Å². The van der Waals surface area contributed by atoms with Crippen LogP contribution in [-0.4, -0.2) is 36.9 Å². The standard InChI is InChI=1S/C22H21NO4.BrH/c1-26-20-11-9-18(10-12-20)21(24)15-23-13-5-8-19(14-23)22(25)27-16-17-6-3-2-4-7-17;/h2-13H,14-16H2,1H3;1H. The minimum absolute atomic E-state index is 0. The molecule has 0 saturated carbocycles. The van der Waals surface area contributed by atoms with Gasteiger partial charge in [-0.3, -0.25) is 4.79 Å². The monoisotopic (exact) mass is 443 g/mol. The number of rotatable bonds is 7. The zero-order valence-electron chi connectivity index (χ0n) is 15.5. The first-order valence-corrected chi connectivity index (χ1v) is 8.65. The van der Waals surface area contributed by atoms with E-state index in [0.717, 1.165) is 5.56 Å². The fraction of sp³-hybridized carbons (Fsp3) is 0.182. The van der Waals surface area contributed by atoms with Gasteiger partial charge in [0, 0.05) is 5.56 Å². The lowest BCUT2D eigenvalue weighted by Gasteiger charge is -2.23. The molecule has 0 unspecified atom stereocenters. The van der Waals surface area contributed by atoms with E-state index in [1.54, 1.807) is 54.6 Å². The number of ether oxygens (including phenoxy) is 2. The van der Waals surface area contributed by atoms with Crippen LogP contribution in [0.3, 0.4) is 0 Å². The van der Waals surface area contributed by atoms with Crippen LogP contribution in [-0.2, 0) is 16.1 Å². The van der Waals surface area contributed by atoms with Gasteiger partial charge in [0.15, 0.2) is 5.78 Å². The minimum atomic E-state index is -0.370. The van der Waals surface area contributed by atoms with Crippen LogP contribution in [0.25, 0.3) is 0 Å². The third-order valence-corrected chi connectivity index (χ3v) is 4.20. The number of methoxy groups -OCH3 is 1. The van der Waals surface area contributed by atoms with Crippen molar-refractivity contribution in [2.24, 2.45) is 0 Å². The highest BCUT2D eigenvalue weighted by molar-refractivity contribution is 8.93. The van der Waals surface area contributed by atoms with E-state index < -0.39 is 0 Å². The zero-order chi connectivity index (χ0) is 19.1. The van der Waals surface area contributed by atoms with Crippen molar-refractivity contribution in [3.8, 4) is 5.75 Å². The summed E-state index contributed by atoms with van der Waals surface area (Å²) in [6.07, 6.45) is 5.28. The van der Waals surface area contributed by atoms with Gasteiger partial charge in [-0.2, -0.15) is 0 Å². The molecular formula is C22H22BrNO4. The Labute approximate surface area is 175 Å². The van der Waals surface area contributed by atoms with Crippen molar-refractivity contribution in [1.82, 2.24) is 4.90 Å². The summed E-state index contributed by atoms with van der Waals surface area (Å²) in [5.41, 5.74) is 2.06.